The molecule has 0 atom stereocenters. The van der Waals surface area contributed by atoms with E-state index < -0.39 is 0 Å². The molecule has 2 aromatic rings. The van der Waals surface area contributed by atoms with Gasteiger partial charge in [0.2, 0.25) is 5.88 Å². The van der Waals surface area contributed by atoms with Gasteiger partial charge in [-0.15, -0.1) is 0 Å². The van der Waals surface area contributed by atoms with Crippen LogP contribution in [0.15, 0.2) is 18.2 Å². The van der Waals surface area contributed by atoms with E-state index in [1.807, 2.05) is 19.1 Å². The molecule has 0 aliphatic carbocycles. The smallest absolute Gasteiger partial charge is 0.240 e. The fraction of sp³-hybridized carbons (Fsp3) is 0.333. The van der Waals surface area contributed by atoms with E-state index in [2.05, 4.69) is 9.97 Å². The zero-order chi connectivity index (χ0) is 15.4. The van der Waals surface area contributed by atoms with Gasteiger partial charge in [-0.25, -0.2) is 4.98 Å². The number of nitrogens with zero attached hydrogens (tertiary/aromatic N) is 2. The fourth-order valence-electron chi connectivity index (χ4n) is 2.02. The molecule has 0 unspecified atom stereocenters. The number of hydrogen-bond donors (Lipinski definition) is 1. The van der Waals surface area contributed by atoms with Gasteiger partial charge in [-0.2, -0.15) is 4.98 Å². The fourth-order valence-corrected chi connectivity index (χ4v) is 2.02. The first-order valence-electron chi connectivity index (χ1n) is 6.57. The lowest BCUT2D eigenvalue weighted by molar-refractivity contribution is 0.393. The summed E-state index contributed by atoms with van der Waals surface area (Å²) in [5.74, 6) is 2.21. The van der Waals surface area contributed by atoms with Crippen molar-refractivity contribution in [2.45, 2.75) is 13.3 Å². The lowest BCUT2D eigenvalue weighted by Gasteiger charge is -2.13. The highest BCUT2D eigenvalue weighted by Crippen LogP contribution is 2.34. The van der Waals surface area contributed by atoms with Crippen molar-refractivity contribution in [3.05, 3.63) is 23.9 Å². The summed E-state index contributed by atoms with van der Waals surface area (Å²) in [7, 11) is 4.73. The van der Waals surface area contributed by atoms with E-state index in [-0.39, 0.29) is 0 Å². The Morgan fingerprint density at radius 2 is 1.81 bits per heavy atom. The highest BCUT2D eigenvalue weighted by Gasteiger charge is 2.16. The van der Waals surface area contributed by atoms with E-state index in [1.165, 1.54) is 7.11 Å². The van der Waals surface area contributed by atoms with Crippen LogP contribution in [-0.2, 0) is 6.42 Å². The number of aryl methyl sites for hydroxylation is 1. The monoisotopic (exact) mass is 289 g/mol. The standard InChI is InChI=1S/C15H19N3O3/c1-5-11-13(16)15(21-4)18-14(17-11)10-7-6-9(19-2)8-12(10)20-3/h6-8H,5,16H2,1-4H3. The molecule has 2 N–H and O–H groups in total. The second kappa shape index (κ2) is 6.30. The zero-order valence-corrected chi connectivity index (χ0v) is 12.6. The van der Waals surface area contributed by atoms with Crippen LogP contribution < -0.4 is 19.9 Å². The first kappa shape index (κ1) is 14.9. The van der Waals surface area contributed by atoms with E-state index in [0.717, 1.165) is 11.3 Å². The molecule has 1 aromatic carbocycles. The quantitative estimate of drug-likeness (QED) is 0.910. The molecule has 6 heteroatoms. The predicted octanol–water partition coefficient (Wildman–Crippen LogP) is 2.31. The van der Waals surface area contributed by atoms with Crippen molar-refractivity contribution < 1.29 is 14.2 Å². The molecular weight excluding hydrogens is 270 g/mol. The molecule has 0 aliphatic heterocycles. The minimum Gasteiger partial charge on any atom is -0.497 e. The van der Waals surface area contributed by atoms with Crippen LogP contribution >= 0.6 is 0 Å². The van der Waals surface area contributed by atoms with Crippen molar-refractivity contribution in [2.75, 3.05) is 27.1 Å². The van der Waals surface area contributed by atoms with Gasteiger partial charge >= 0.3 is 0 Å². The number of nitrogen functional groups attached to an aromatic ring is 1. The average molecular weight is 289 g/mol. The third-order valence-electron chi connectivity index (χ3n) is 3.17. The normalized spacial score (nSPS) is 10.3. The Hall–Kier alpha value is -2.50. The third kappa shape index (κ3) is 2.84. The van der Waals surface area contributed by atoms with Crippen molar-refractivity contribution >= 4 is 5.69 Å². The van der Waals surface area contributed by atoms with Crippen molar-refractivity contribution in [1.29, 1.82) is 0 Å². The molecular formula is C15H19N3O3. The molecule has 0 radical (unpaired) electrons. The molecule has 0 saturated heterocycles. The van der Waals surface area contributed by atoms with Crippen LogP contribution in [0.2, 0.25) is 0 Å². The summed E-state index contributed by atoms with van der Waals surface area (Å²) in [6, 6.07) is 5.46. The Morgan fingerprint density at radius 3 is 2.38 bits per heavy atom. The van der Waals surface area contributed by atoms with E-state index in [9.17, 15) is 0 Å². The van der Waals surface area contributed by atoms with Gasteiger partial charge in [-0.3, -0.25) is 0 Å². The molecule has 0 aliphatic rings. The molecule has 0 bridgehead atoms. The van der Waals surface area contributed by atoms with Crippen LogP contribution in [0.4, 0.5) is 5.69 Å². The van der Waals surface area contributed by atoms with E-state index in [1.54, 1.807) is 20.3 Å². The Labute approximate surface area is 123 Å². The molecule has 0 fully saturated rings. The maximum atomic E-state index is 5.97. The number of nitrogens with two attached hydrogens (primary N) is 1. The number of benzene rings is 1. The van der Waals surface area contributed by atoms with E-state index in [0.29, 0.717) is 35.3 Å². The summed E-state index contributed by atoms with van der Waals surface area (Å²) in [6.07, 6.45) is 0.691. The second-order valence-corrected chi connectivity index (χ2v) is 4.34. The minimum atomic E-state index is 0.370. The Kier molecular flexibility index (Phi) is 4.47. The SMILES string of the molecule is CCc1nc(-c2ccc(OC)cc2OC)nc(OC)c1N. The lowest BCUT2D eigenvalue weighted by atomic mass is 10.1. The van der Waals surface area contributed by atoms with Crippen LogP contribution in [0, 0.1) is 0 Å². The number of anilines is 1. The lowest BCUT2D eigenvalue weighted by Crippen LogP contribution is -2.05. The van der Waals surface area contributed by atoms with Crippen LogP contribution in [0.1, 0.15) is 12.6 Å². The molecule has 0 spiro atoms. The van der Waals surface area contributed by atoms with Crippen molar-refractivity contribution in [3.63, 3.8) is 0 Å². The summed E-state index contributed by atoms with van der Waals surface area (Å²) < 4.78 is 15.8. The van der Waals surface area contributed by atoms with Gasteiger partial charge in [-0.1, -0.05) is 6.92 Å². The molecule has 0 amide bonds. The summed E-state index contributed by atoms with van der Waals surface area (Å²) >= 11 is 0. The van der Waals surface area contributed by atoms with Gasteiger partial charge in [0.25, 0.3) is 0 Å². The van der Waals surface area contributed by atoms with Crippen LogP contribution in [0.3, 0.4) is 0 Å². The summed E-state index contributed by atoms with van der Waals surface area (Å²) in [4.78, 5) is 8.85. The number of aromatic nitrogens is 2. The molecule has 21 heavy (non-hydrogen) atoms. The molecule has 6 nitrogen and oxygen atoms in total. The van der Waals surface area contributed by atoms with E-state index in [4.69, 9.17) is 19.9 Å². The third-order valence-corrected chi connectivity index (χ3v) is 3.17. The number of rotatable bonds is 5. The van der Waals surface area contributed by atoms with Crippen LogP contribution in [0.25, 0.3) is 11.4 Å². The highest BCUT2D eigenvalue weighted by molar-refractivity contribution is 5.68. The Balaban J connectivity index is 2.61. The summed E-state index contributed by atoms with van der Waals surface area (Å²) in [6.45, 7) is 1.98. The van der Waals surface area contributed by atoms with Gasteiger partial charge in [0.15, 0.2) is 5.82 Å². The first-order chi connectivity index (χ1) is 10.1. The first-order valence-corrected chi connectivity index (χ1v) is 6.57. The van der Waals surface area contributed by atoms with Crippen molar-refractivity contribution in [3.8, 4) is 28.8 Å². The number of hydrogen-bond acceptors (Lipinski definition) is 6. The second-order valence-electron chi connectivity index (χ2n) is 4.34. The predicted molar refractivity (Wildman–Crippen MR) is 80.9 cm³/mol. The maximum absolute atomic E-state index is 5.97. The molecule has 1 aromatic heterocycles. The summed E-state index contributed by atoms with van der Waals surface area (Å²) in [5, 5.41) is 0. The van der Waals surface area contributed by atoms with Crippen molar-refractivity contribution in [1.82, 2.24) is 9.97 Å². The largest absolute Gasteiger partial charge is 0.497 e. The van der Waals surface area contributed by atoms with Crippen LogP contribution in [-0.4, -0.2) is 31.3 Å². The van der Waals surface area contributed by atoms with Gasteiger partial charge < -0.3 is 19.9 Å². The number of ether oxygens (including phenoxy) is 3. The maximum Gasteiger partial charge on any atom is 0.240 e. The zero-order valence-electron chi connectivity index (χ0n) is 12.6. The van der Waals surface area contributed by atoms with Gasteiger partial charge in [0.05, 0.1) is 32.6 Å². The van der Waals surface area contributed by atoms with Crippen LogP contribution in [0.5, 0.6) is 17.4 Å². The Morgan fingerprint density at radius 1 is 1.05 bits per heavy atom. The van der Waals surface area contributed by atoms with Gasteiger partial charge in [0, 0.05) is 6.07 Å². The Bertz CT molecular complexity index is 619. The van der Waals surface area contributed by atoms with Gasteiger partial charge in [-0.05, 0) is 18.6 Å². The topological polar surface area (TPSA) is 79.5 Å². The van der Waals surface area contributed by atoms with E-state index >= 15 is 0 Å². The van der Waals surface area contributed by atoms with Gasteiger partial charge in [0.1, 0.15) is 17.2 Å². The molecule has 2 rings (SSSR count). The highest BCUT2D eigenvalue weighted by atomic mass is 16.5. The number of methoxy groups -OCH3 is 3. The summed E-state index contributed by atoms with van der Waals surface area (Å²) in [5.41, 5.74) is 7.94. The van der Waals surface area contributed by atoms with Crippen molar-refractivity contribution in [2.24, 2.45) is 0 Å². The molecule has 112 valence electrons. The average Bonchev–Trinajstić information content (AvgIpc) is 2.54. The minimum absolute atomic E-state index is 0.370. The molecule has 0 saturated carbocycles. The molecule has 1 heterocycles.